The summed E-state index contributed by atoms with van der Waals surface area (Å²) in [7, 11) is 0. The van der Waals surface area contributed by atoms with Crippen LogP contribution < -0.4 is 10.2 Å². The normalized spacial score (nSPS) is 23.3. The van der Waals surface area contributed by atoms with E-state index in [2.05, 4.69) is 34.3 Å². The number of nitrogens with one attached hydrogen (secondary N) is 1. The summed E-state index contributed by atoms with van der Waals surface area (Å²) in [6, 6.07) is 1.36. The van der Waals surface area contributed by atoms with Crippen molar-refractivity contribution < 1.29 is 4.42 Å². The third-order valence-corrected chi connectivity index (χ3v) is 3.52. The first-order valence-corrected chi connectivity index (χ1v) is 6.43. The van der Waals surface area contributed by atoms with E-state index >= 15 is 0 Å². The molecule has 0 aromatic carbocycles. The Bertz CT molecular complexity index is 397. The molecule has 0 amide bonds. The van der Waals surface area contributed by atoms with Crippen LogP contribution in [0.4, 0.5) is 6.01 Å². The third kappa shape index (κ3) is 2.60. The number of anilines is 1. The van der Waals surface area contributed by atoms with Crippen LogP contribution in [0.5, 0.6) is 0 Å². The smallest absolute Gasteiger partial charge is 0.318 e. The van der Waals surface area contributed by atoms with Gasteiger partial charge in [0.15, 0.2) is 0 Å². The number of aromatic nitrogens is 2. The molecule has 2 fully saturated rings. The van der Waals surface area contributed by atoms with Gasteiger partial charge in [-0.2, -0.15) is 0 Å². The van der Waals surface area contributed by atoms with Crippen molar-refractivity contribution in [3.05, 3.63) is 5.89 Å². The van der Waals surface area contributed by atoms with Crippen molar-refractivity contribution in [2.75, 3.05) is 18.0 Å². The lowest BCUT2D eigenvalue weighted by Crippen LogP contribution is -2.22. The fourth-order valence-electron chi connectivity index (χ4n) is 2.24. The number of hydrogen-bond acceptors (Lipinski definition) is 5. The van der Waals surface area contributed by atoms with Crippen molar-refractivity contribution in [3.8, 4) is 0 Å². The minimum Gasteiger partial charge on any atom is -0.407 e. The predicted molar refractivity (Wildman–Crippen MR) is 64.8 cm³/mol. The van der Waals surface area contributed by atoms with Gasteiger partial charge >= 0.3 is 6.01 Å². The van der Waals surface area contributed by atoms with Gasteiger partial charge in [0.1, 0.15) is 0 Å². The quantitative estimate of drug-likeness (QED) is 0.859. The average Bonchev–Trinajstić information content (AvgIpc) is 2.86. The molecule has 1 aromatic rings. The number of nitrogens with zero attached hydrogens (tertiary/aromatic N) is 3. The van der Waals surface area contributed by atoms with Gasteiger partial charge in [0, 0.05) is 19.1 Å². The molecule has 5 nitrogen and oxygen atoms in total. The fourth-order valence-corrected chi connectivity index (χ4v) is 2.24. The van der Waals surface area contributed by atoms with E-state index in [0.29, 0.717) is 29.9 Å². The first-order valence-electron chi connectivity index (χ1n) is 6.43. The van der Waals surface area contributed by atoms with E-state index in [1.54, 1.807) is 0 Å². The van der Waals surface area contributed by atoms with E-state index in [1.165, 1.54) is 19.3 Å². The Morgan fingerprint density at radius 1 is 1.41 bits per heavy atom. The first kappa shape index (κ1) is 11.0. The molecular weight excluding hydrogens is 216 g/mol. The summed E-state index contributed by atoms with van der Waals surface area (Å²) in [5.74, 6) is 0.705. The molecular formula is C12H20N4O. The molecule has 5 heteroatoms. The Balaban J connectivity index is 1.59. The van der Waals surface area contributed by atoms with E-state index in [1.807, 2.05) is 0 Å². The molecule has 1 aliphatic heterocycles. The minimum atomic E-state index is 0.362. The maximum atomic E-state index is 5.68. The van der Waals surface area contributed by atoms with Crippen molar-refractivity contribution in [3.63, 3.8) is 0 Å². The molecule has 0 radical (unpaired) electrons. The fraction of sp³-hybridized carbons (Fsp3) is 0.833. The van der Waals surface area contributed by atoms with Gasteiger partial charge in [-0.1, -0.05) is 18.9 Å². The van der Waals surface area contributed by atoms with Crippen LogP contribution in [0.2, 0.25) is 0 Å². The molecule has 2 heterocycles. The molecule has 0 unspecified atom stereocenters. The van der Waals surface area contributed by atoms with E-state index in [0.717, 1.165) is 13.1 Å². The second-order valence-electron chi connectivity index (χ2n) is 5.97. The topological polar surface area (TPSA) is 54.2 Å². The van der Waals surface area contributed by atoms with Gasteiger partial charge in [-0.25, -0.2) is 0 Å². The van der Waals surface area contributed by atoms with Gasteiger partial charge in [-0.15, -0.1) is 5.10 Å². The van der Waals surface area contributed by atoms with Crippen LogP contribution in [0.25, 0.3) is 0 Å². The molecule has 1 N–H and O–H groups in total. The van der Waals surface area contributed by atoms with Crippen LogP contribution in [-0.4, -0.2) is 29.3 Å². The maximum absolute atomic E-state index is 5.68. The zero-order valence-corrected chi connectivity index (χ0v) is 10.6. The average molecular weight is 236 g/mol. The van der Waals surface area contributed by atoms with Crippen LogP contribution in [0.15, 0.2) is 4.42 Å². The molecule has 17 heavy (non-hydrogen) atoms. The molecule has 1 saturated carbocycles. The van der Waals surface area contributed by atoms with Crippen LogP contribution >= 0.6 is 0 Å². The van der Waals surface area contributed by atoms with E-state index in [9.17, 15) is 0 Å². The second-order valence-corrected chi connectivity index (χ2v) is 5.97. The monoisotopic (exact) mass is 236 g/mol. The van der Waals surface area contributed by atoms with E-state index in [4.69, 9.17) is 4.42 Å². The van der Waals surface area contributed by atoms with Gasteiger partial charge in [0.05, 0.1) is 6.54 Å². The number of hydrogen-bond donors (Lipinski definition) is 1. The van der Waals surface area contributed by atoms with Gasteiger partial charge in [-0.05, 0) is 24.7 Å². The summed E-state index contributed by atoms with van der Waals surface area (Å²) in [5.41, 5.74) is 0.362. The summed E-state index contributed by atoms with van der Waals surface area (Å²) in [5, 5.41) is 11.6. The van der Waals surface area contributed by atoms with Crippen molar-refractivity contribution in [1.29, 1.82) is 0 Å². The van der Waals surface area contributed by atoms with Crippen molar-refractivity contribution in [2.45, 2.75) is 45.7 Å². The lowest BCUT2D eigenvalue weighted by atomic mass is 9.93. The Kier molecular flexibility index (Phi) is 2.58. The highest BCUT2D eigenvalue weighted by Gasteiger charge is 2.32. The largest absolute Gasteiger partial charge is 0.407 e. The highest BCUT2D eigenvalue weighted by atomic mass is 16.4. The third-order valence-electron chi connectivity index (χ3n) is 3.52. The summed E-state index contributed by atoms with van der Waals surface area (Å²) in [6.45, 7) is 7.28. The van der Waals surface area contributed by atoms with Gasteiger partial charge in [-0.3, -0.25) is 0 Å². The van der Waals surface area contributed by atoms with E-state index in [-0.39, 0.29) is 0 Å². The van der Waals surface area contributed by atoms with Crippen molar-refractivity contribution in [2.24, 2.45) is 5.41 Å². The lowest BCUT2D eigenvalue weighted by molar-refractivity contribution is 0.412. The molecule has 0 atom stereocenters. The minimum absolute atomic E-state index is 0.362. The number of rotatable bonds is 4. The molecule has 3 rings (SSSR count). The molecule has 94 valence electrons. The van der Waals surface area contributed by atoms with E-state index < -0.39 is 0 Å². The van der Waals surface area contributed by atoms with Crippen molar-refractivity contribution in [1.82, 2.24) is 15.5 Å². The first-order chi connectivity index (χ1) is 8.12. The molecule has 0 bridgehead atoms. The SMILES string of the molecule is CC1(C)CCN(c2nnc(CNC3CC3)o2)C1. The predicted octanol–water partition coefficient (Wildman–Crippen LogP) is 1.56. The Morgan fingerprint density at radius 3 is 2.88 bits per heavy atom. The van der Waals surface area contributed by atoms with Crippen LogP contribution in [0.1, 0.15) is 39.0 Å². The summed E-state index contributed by atoms with van der Waals surface area (Å²) in [6.07, 6.45) is 3.74. The molecule has 2 aliphatic rings. The van der Waals surface area contributed by atoms with Gasteiger partial charge in [0.2, 0.25) is 5.89 Å². The summed E-state index contributed by atoms with van der Waals surface area (Å²) in [4.78, 5) is 2.19. The lowest BCUT2D eigenvalue weighted by Gasteiger charge is -2.17. The molecule has 0 spiro atoms. The van der Waals surface area contributed by atoms with Crippen LogP contribution in [-0.2, 0) is 6.54 Å². The summed E-state index contributed by atoms with van der Waals surface area (Å²) < 4.78 is 5.68. The maximum Gasteiger partial charge on any atom is 0.318 e. The van der Waals surface area contributed by atoms with Crippen LogP contribution in [0.3, 0.4) is 0 Å². The van der Waals surface area contributed by atoms with Crippen LogP contribution in [0, 0.1) is 5.41 Å². The Labute approximate surface area is 102 Å². The Morgan fingerprint density at radius 2 is 2.24 bits per heavy atom. The standard InChI is InChI=1S/C12H20N4O/c1-12(2)5-6-16(8-12)11-15-14-10(17-11)7-13-9-3-4-9/h9,13H,3-8H2,1-2H3. The highest BCUT2D eigenvalue weighted by molar-refractivity contribution is 5.27. The van der Waals surface area contributed by atoms with Gasteiger partial charge in [0.25, 0.3) is 0 Å². The zero-order valence-electron chi connectivity index (χ0n) is 10.6. The summed E-state index contributed by atoms with van der Waals surface area (Å²) >= 11 is 0. The second kappa shape index (κ2) is 3.98. The van der Waals surface area contributed by atoms with Crippen molar-refractivity contribution >= 4 is 6.01 Å². The van der Waals surface area contributed by atoms with Gasteiger partial charge < -0.3 is 14.6 Å². The highest BCUT2D eigenvalue weighted by Crippen LogP contribution is 2.31. The zero-order chi connectivity index (χ0) is 11.9. The molecule has 1 aliphatic carbocycles. The molecule has 1 aromatic heterocycles. The Hall–Kier alpha value is -1.10. The molecule has 1 saturated heterocycles.